The lowest BCUT2D eigenvalue weighted by Crippen LogP contribution is -2.00. The summed E-state index contributed by atoms with van der Waals surface area (Å²) in [6, 6.07) is 13.0. The Bertz CT molecular complexity index is 751. The molecule has 0 unspecified atom stereocenters. The van der Waals surface area contributed by atoms with Crippen LogP contribution in [-0.2, 0) is 6.54 Å². The van der Waals surface area contributed by atoms with Gasteiger partial charge in [-0.1, -0.05) is 18.2 Å². The van der Waals surface area contributed by atoms with Crippen LogP contribution in [-0.4, -0.2) is 11.6 Å². The zero-order chi connectivity index (χ0) is 14.7. The third kappa shape index (κ3) is 2.84. The number of aromatic amines is 1. The normalized spacial score (nSPS) is 10.8. The molecule has 0 bridgehead atoms. The van der Waals surface area contributed by atoms with Crippen LogP contribution >= 0.6 is 0 Å². The van der Waals surface area contributed by atoms with Gasteiger partial charge in [-0.15, -0.1) is 0 Å². The van der Waals surface area contributed by atoms with Crippen LogP contribution in [0.4, 0.5) is 10.1 Å². The summed E-state index contributed by atoms with van der Waals surface area (Å²) >= 11 is 0. The number of fused-ring (bicyclic) bond motifs is 1. The number of ether oxygens (including phenoxy) is 1. The summed E-state index contributed by atoms with van der Waals surface area (Å²) in [5.41, 5.74) is 2.99. The van der Waals surface area contributed by atoms with Crippen molar-refractivity contribution in [2.75, 3.05) is 11.9 Å². The van der Waals surface area contributed by atoms with Gasteiger partial charge in [0.1, 0.15) is 0 Å². The molecule has 3 nitrogen and oxygen atoms in total. The molecule has 0 saturated carbocycles. The van der Waals surface area contributed by atoms with Gasteiger partial charge in [-0.2, -0.15) is 0 Å². The van der Waals surface area contributed by atoms with E-state index >= 15 is 0 Å². The molecule has 1 aromatic heterocycles. The van der Waals surface area contributed by atoms with Crippen molar-refractivity contribution in [1.29, 1.82) is 0 Å². The van der Waals surface area contributed by atoms with Crippen LogP contribution in [0.15, 0.2) is 48.7 Å². The van der Waals surface area contributed by atoms with Gasteiger partial charge in [0, 0.05) is 35.4 Å². The van der Waals surface area contributed by atoms with Gasteiger partial charge in [0.2, 0.25) is 0 Å². The van der Waals surface area contributed by atoms with E-state index in [-0.39, 0.29) is 11.6 Å². The van der Waals surface area contributed by atoms with Crippen molar-refractivity contribution in [3.05, 3.63) is 60.0 Å². The lowest BCUT2D eigenvalue weighted by molar-refractivity contribution is 0.321. The SMILES string of the molecule is CCOc1ccc(NCc2c[nH]c3ccccc23)cc1F. The highest BCUT2D eigenvalue weighted by atomic mass is 19.1. The molecule has 0 aliphatic heterocycles. The molecule has 0 atom stereocenters. The quantitative estimate of drug-likeness (QED) is 0.732. The van der Waals surface area contributed by atoms with Gasteiger partial charge in [-0.05, 0) is 30.7 Å². The molecule has 0 amide bonds. The van der Waals surface area contributed by atoms with E-state index in [2.05, 4.69) is 16.4 Å². The maximum atomic E-state index is 13.8. The smallest absolute Gasteiger partial charge is 0.167 e. The lowest BCUT2D eigenvalue weighted by Gasteiger charge is -2.09. The predicted molar refractivity (Wildman–Crippen MR) is 83.2 cm³/mol. The second kappa shape index (κ2) is 5.87. The number of halogens is 1. The molecule has 3 rings (SSSR count). The fourth-order valence-electron chi connectivity index (χ4n) is 2.36. The minimum absolute atomic E-state index is 0.287. The number of para-hydroxylation sites is 1. The van der Waals surface area contributed by atoms with Crippen LogP contribution in [0.1, 0.15) is 12.5 Å². The first-order valence-corrected chi connectivity index (χ1v) is 6.99. The molecule has 0 radical (unpaired) electrons. The first-order chi connectivity index (χ1) is 10.3. The summed E-state index contributed by atoms with van der Waals surface area (Å²) in [5, 5.41) is 4.41. The summed E-state index contributed by atoms with van der Waals surface area (Å²) < 4.78 is 19.0. The standard InChI is InChI=1S/C17H17FN2O/c1-2-21-17-8-7-13(9-15(17)18)19-10-12-11-20-16-6-4-3-5-14(12)16/h3-9,11,19-20H,2,10H2,1H3. The number of rotatable bonds is 5. The molecule has 4 heteroatoms. The molecule has 108 valence electrons. The van der Waals surface area contributed by atoms with Crippen molar-refractivity contribution in [3.63, 3.8) is 0 Å². The van der Waals surface area contributed by atoms with Crippen molar-refractivity contribution in [2.24, 2.45) is 0 Å². The molecule has 2 N–H and O–H groups in total. The number of hydrogen-bond acceptors (Lipinski definition) is 2. The summed E-state index contributed by atoms with van der Waals surface area (Å²) in [5.74, 6) is -0.0593. The minimum atomic E-state index is -0.347. The molecule has 0 aliphatic carbocycles. The van der Waals surface area contributed by atoms with Crippen LogP contribution in [0.5, 0.6) is 5.75 Å². The topological polar surface area (TPSA) is 37.0 Å². The van der Waals surface area contributed by atoms with Gasteiger partial charge in [-0.25, -0.2) is 4.39 Å². The molecule has 3 aromatic rings. The number of hydrogen-bond donors (Lipinski definition) is 2. The van der Waals surface area contributed by atoms with E-state index < -0.39 is 0 Å². The second-order valence-corrected chi connectivity index (χ2v) is 4.79. The maximum Gasteiger partial charge on any atom is 0.167 e. The van der Waals surface area contributed by atoms with Crippen molar-refractivity contribution >= 4 is 16.6 Å². The van der Waals surface area contributed by atoms with Gasteiger partial charge in [0.25, 0.3) is 0 Å². The maximum absolute atomic E-state index is 13.8. The summed E-state index contributed by atoms with van der Waals surface area (Å²) in [6.45, 7) is 2.93. The molecular formula is C17H17FN2O. The molecule has 2 aromatic carbocycles. The Morgan fingerprint density at radius 3 is 2.86 bits per heavy atom. The average Bonchev–Trinajstić information content (AvgIpc) is 2.91. The molecular weight excluding hydrogens is 267 g/mol. The molecule has 21 heavy (non-hydrogen) atoms. The van der Waals surface area contributed by atoms with Crippen LogP contribution in [0, 0.1) is 5.82 Å². The van der Waals surface area contributed by atoms with E-state index in [9.17, 15) is 4.39 Å². The number of anilines is 1. The van der Waals surface area contributed by atoms with E-state index in [0.29, 0.717) is 13.2 Å². The third-order valence-corrected chi connectivity index (χ3v) is 3.39. The van der Waals surface area contributed by atoms with E-state index in [4.69, 9.17) is 4.74 Å². The van der Waals surface area contributed by atoms with Gasteiger partial charge in [0.05, 0.1) is 6.61 Å². The molecule has 1 heterocycles. The third-order valence-electron chi connectivity index (χ3n) is 3.39. The average molecular weight is 284 g/mol. The van der Waals surface area contributed by atoms with Crippen molar-refractivity contribution < 1.29 is 9.13 Å². The Hall–Kier alpha value is -2.49. The number of H-pyrrole nitrogens is 1. The monoisotopic (exact) mass is 284 g/mol. The van der Waals surface area contributed by atoms with E-state index in [1.165, 1.54) is 11.5 Å². The Labute approximate surface area is 122 Å². The molecule has 0 saturated heterocycles. The van der Waals surface area contributed by atoms with Crippen molar-refractivity contribution in [3.8, 4) is 5.75 Å². The second-order valence-electron chi connectivity index (χ2n) is 4.79. The van der Waals surface area contributed by atoms with Crippen LogP contribution in [0.2, 0.25) is 0 Å². The predicted octanol–water partition coefficient (Wildman–Crippen LogP) is 4.32. The van der Waals surface area contributed by atoms with Gasteiger partial charge >= 0.3 is 0 Å². The zero-order valence-electron chi connectivity index (χ0n) is 11.8. The molecule has 0 fully saturated rings. The van der Waals surface area contributed by atoms with Gasteiger partial charge < -0.3 is 15.0 Å². The Morgan fingerprint density at radius 1 is 1.19 bits per heavy atom. The Kier molecular flexibility index (Phi) is 3.77. The largest absolute Gasteiger partial charge is 0.491 e. The van der Waals surface area contributed by atoms with Gasteiger partial charge in [0.15, 0.2) is 11.6 Å². The fourth-order valence-corrected chi connectivity index (χ4v) is 2.36. The Balaban J connectivity index is 1.74. The Morgan fingerprint density at radius 2 is 2.05 bits per heavy atom. The highest BCUT2D eigenvalue weighted by Gasteiger charge is 2.06. The lowest BCUT2D eigenvalue weighted by atomic mass is 10.2. The number of benzene rings is 2. The van der Waals surface area contributed by atoms with Gasteiger partial charge in [-0.3, -0.25) is 0 Å². The minimum Gasteiger partial charge on any atom is -0.491 e. The summed E-state index contributed by atoms with van der Waals surface area (Å²) in [7, 11) is 0. The summed E-state index contributed by atoms with van der Waals surface area (Å²) in [4.78, 5) is 3.23. The molecule has 0 aliphatic rings. The van der Waals surface area contributed by atoms with Crippen molar-refractivity contribution in [1.82, 2.24) is 4.98 Å². The number of aromatic nitrogens is 1. The first kappa shape index (κ1) is 13.5. The van der Waals surface area contributed by atoms with Crippen LogP contribution in [0.25, 0.3) is 10.9 Å². The van der Waals surface area contributed by atoms with E-state index in [0.717, 1.165) is 16.8 Å². The zero-order valence-corrected chi connectivity index (χ0v) is 11.8. The first-order valence-electron chi connectivity index (χ1n) is 6.99. The molecule has 0 spiro atoms. The fraction of sp³-hybridized carbons (Fsp3) is 0.176. The van der Waals surface area contributed by atoms with E-state index in [1.54, 1.807) is 6.07 Å². The summed E-state index contributed by atoms with van der Waals surface area (Å²) in [6.07, 6.45) is 1.97. The van der Waals surface area contributed by atoms with Crippen LogP contribution < -0.4 is 10.1 Å². The highest BCUT2D eigenvalue weighted by molar-refractivity contribution is 5.83. The number of nitrogens with one attached hydrogen (secondary N) is 2. The van der Waals surface area contributed by atoms with E-state index in [1.807, 2.05) is 37.4 Å². The van der Waals surface area contributed by atoms with Crippen molar-refractivity contribution in [2.45, 2.75) is 13.5 Å². The highest BCUT2D eigenvalue weighted by Crippen LogP contribution is 2.23. The van der Waals surface area contributed by atoms with Crippen LogP contribution in [0.3, 0.4) is 0 Å².